The molecule has 2 unspecified atom stereocenters. The first kappa shape index (κ1) is 22.0. The van der Waals surface area contributed by atoms with Crippen molar-refractivity contribution >= 4 is 11.6 Å². The number of anilines is 1. The van der Waals surface area contributed by atoms with Gasteiger partial charge in [-0.05, 0) is 42.7 Å². The van der Waals surface area contributed by atoms with Gasteiger partial charge in [0.1, 0.15) is 5.76 Å². The van der Waals surface area contributed by atoms with Crippen molar-refractivity contribution in [2.24, 2.45) is 0 Å². The predicted molar refractivity (Wildman–Crippen MR) is 113 cm³/mol. The van der Waals surface area contributed by atoms with E-state index in [1.54, 1.807) is 0 Å². The predicted octanol–water partition coefficient (Wildman–Crippen LogP) is 4.71. The van der Waals surface area contributed by atoms with E-state index < -0.39 is 23.8 Å². The van der Waals surface area contributed by atoms with E-state index in [1.807, 2.05) is 18.2 Å². The van der Waals surface area contributed by atoms with Crippen molar-refractivity contribution in [2.75, 3.05) is 11.4 Å². The summed E-state index contributed by atoms with van der Waals surface area (Å²) in [5.41, 5.74) is 1.39. The lowest BCUT2D eigenvalue weighted by molar-refractivity contribution is -0.139. The van der Waals surface area contributed by atoms with Crippen LogP contribution in [0, 0.1) is 0 Å². The maximum atomic E-state index is 13.2. The second-order valence-electron chi connectivity index (χ2n) is 7.88. The summed E-state index contributed by atoms with van der Waals surface area (Å²) < 4.78 is 45.1. The Bertz CT molecular complexity index is 1110. The first-order valence-corrected chi connectivity index (χ1v) is 10.3. The fourth-order valence-electron chi connectivity index (χ4n) is 4.13. The largest absolute Gasteiger partial charge is 0.467 e. The number of aliphatic hydroxyl groups excluding tert-OH is 1. The molecule has 32 heavy (non-hydrogen) atoms. The van der Waals surface area contributed by atoms with Crippen LogP contribution in [0.3, 0.4) is 0 Å². The molecular weight excluding hydrogens is 421 g/mol. The van der Waals surface area contributed by atoms with Gasteiger partial charge in [-0.15, -0.1) is 0 Å². The fourth-order valence-corrected chi connectivity index (χ4v) is 4.13. The number of amides is 1. The molecule has 1 aromatic heterocycles. The van der Waals surface area contributed by atoms with E-state index in [4.69, 9.17) is 4.42 Å². The van der Waals surface area contributed by atoms with Crippen molar-refractivity contribution in [1.29, 1.82) is 0 Å². The summed E-state index contributed by atoms with van der Waals surface area (Å²) in [6.07, 6.45) is -3.80. The van der Waals surface area contributed by atoms with Crippen LogP contribution in [0.5, 0.6) is 0 Å². The molecule has 2 aromatic carbocycles. The minimum atomic E-state index is -4.60. The van der Waals surface area contributed by atoms with Crippen LogP contribution in [0.15, 0.2) is 65.3 Å². The first-order valence-electron chi connectivity index (χ1n) is 10.3. The number of hydrogen-bond acceptors (Lipinski definition) is 4. The number of rotatable bonds is 6. The van der Waals surface area contributed by atoms with Crippen molar-refractivity contribution in [1.82, 2.24) is 5.32 Å². The number of nitrogens with zero attached hydrogens (tertiary/aromatic N) is 1. The van der Waals surface area contributed by atoms with Crippen LogP contribution in [0.2, 0.25) is 0 Å². The van der Waals surface area contributed by atoms with E-state index in [0.29, 0.717) is 12.3 Å². The molecule has 0 spiro atoms. The number of halogens is 3. The molecule has 0 fully saturated rings. The van der Waals surface area contributed by atoms with Crippen molar-refractivity contribution in [3.63, 3.8) is 0 Å². The molecule has 2 heterocycles. The highest BCUT2D eigenvalue weighted by Crippen LogP contribution is 2.35. The average molecular weight is 444 g/mol. The molecule has 8 heteroatoms. The van der Waals surface area contributed by atoms with Gasteiger partial charge < -0.3 is 19.7 Å². The van der Waals surface area contributed by atoms with Crippen molar-refractivity contribution in [3.8, 4) is 0 Å². The Morgan fingerprint density at radius 3 is 2.69 bits per heavy atom. The lowest BCUT2D eigenvalue weighted by Crippen LogP contribution is -2.32. The number of para-hydroxylation sites is 1. The van der Waals surface area contributed by atoms with Crippen LogP contribution in [0.1, 0.15) is 45.8 Å². The molecule has 5 nitrogen and oxygen atoms in total. The van der Waals surface area contributed by atoms with Crippen LogP contribution in [-0.2, 0) is 19.1 Å². The maximum Gasteiger partial charge on any atom is 0.416 e. The summed E-state index contributed by atoms with van der Waals surface area (Å²) in [5, 5.41) is 12.8. The van der Waals surface area contributed by atoms with Gasteiger partial charge in [-0.25, -0.2) is 0 Å². The summed E-state index contributed by atoms with van der Waals surface area (Å²) >= 11 is 0. The highest BCUT2D eigenvalue weighted by atomic mass is 19.4. The Hall–Kier alpha value is -3.26. The molecule has 4 rings (SSSR count). The molecular formula is C24H23F3N2O3. The summed E-state index contributed by atoms with van der Waals surface area (Å²) in [7, 11) is 0. The SMILES string of the molecule is CC1Cc2ccccc2N1Cc1occc1C(=O)NCC(O)c1ccccc1C(F)(F)F. The number of hydrogen-bond donors (Lipinski definition) is 2. The zero-order valence-corrected chi connectivity index (χ0v) is 17.4. The van der Waals surface area contributed by atoms with Gasteiger partial charge in [0.05, 0.1) is 30.0 Å². The Balaban J connectivity index is 1.45. The van der Waals surface area contributed by atoms with Crippen LogP contribution in [0.25, 0.3) is 0 Å². The molecule has 1 aliphatic heterocycles. The summed E-state index contributed by atoms with van der Waals surface area (Å²) in [5.74, 6) is -0.0614. The first-order chi connectivity index (χ1) is 15.3. The summed E-state index contributed by atoms with van der Waals surface area (Å²) in [6, 6.07) is 14.6. The van der Waals surface area contributed by atoms with Crippen LogP contribution < -0.4 is 10.2 Å². The van der Waals surface area contributed by atoms with Crippen molar-refractivity contribution in [3.05, 3.63) is 88.9 Å². The Labute approximate surface area is 183 Å². The number of furan rings is 1. The molecule has 2 atom stereocenters. The number of fused-ring (bicyclic) bond motifs is 1. The zero-order chi connectivity index (χ0) is 22.9. The smallest absolute Gasteiger partial charge is 0.416 e. The van der Waals surface area contributed by atoms with E-state index in [9.17, 15) is 23.1 Å². The third kappa shape index (κ3) is 4.36. The third-order valence-electron chi connectivity index (χ3n) is 5.73. The van der Waals surface area contributed by atoms with Gasteiger partial charge in [0.15, 0.2) is 0 Å². The van der Waals surface area contributed by atoms with Gasteiger partial charge in [-0.1, -0.05) is 36.4 Å². The molecule has 1 aliphatic rings. The second-order valence-corrected chi connectivity index (χ2v) is 7.88. The van der Waals surface area contributed by atoms with Gasteiger partial charge in [0, 0.05) is 18.3 Å². The molecule has 0 aliphatic carbocycles. The lowest BCUT2D eigenvalue weighted by atomic mass is 10.0. The normalized spacial score (nSPS) is 16.7. The van der Waals surface area contributed by atoms with Crippen molar-refractivity contribution < 1.29 is 27.5 Å². The number of carbonyl (C=O) groups is 1. The number of benzene rings is 2. The summed E-state index contributed by atoms with van der Waals surface area (Å²) in [6.45, 7) is 2.12. The van der Waals surface area contributed by atoms with E-state index in [-0.39, 0.29) is 23.7 Å². The zero-order valence-electron chi connectivity index (χ0n) is 17.4. The standard InChI is InChI=1S/C24H23F3N2O3/c1-15-12-16-6-2-5-9-20(16)29(15)14-22-18(10-11-32-22)23(31)28-13-21(30)17-7-3-4-8-19(17)24(25,26)27/h2-11,15,21,30H,12-14H2,1H3,(H,28,31). The molecule has 0 radical (unpaired) electrons. The lowest BCUT2D eigenvalue weighted by Gasteiger charge is -2.24. The van der Waals surface area contributed by atoms with Crippen LogP contribution >= 0.6 is 0 Å². The van der Waals surface area contributed by atoms with E-state index >= 15 is 0 Å². The topological polar surface area (TPSA) is 65.7 Å². The second kappa shape index (κ2) is 8.70. The minimum Gasteiger partial charge on any atom is -0.467 e. The van der Waals surface area contributed by atoms with Crippen molar-refractivity contribution in [2.45, 2.75) is 38.2 Å². The minimum absolute atomic E-state index is 0.231. The Morgan fingerprint density at radius 1 is 1.19 bits per heavy atom. The monoisotopic (exact) mass is 444 g/mol. The highest BCUT2D eigenvalue weighted by Gasteiger charge is 2.35. The quantitative estimate of drug-likeness (QED) is 0.578. The molecule has 168 valence electrons. The number of alkyl halides is 3. The number of carbonyl (C=O) groups excluding carboxylic acids is 1. The van der Waals surface area contributed by atoms with Gasteiger partial charge in [-0.2, -0.15) is 13.2 Å². The molecule has 0 saturated heterocycles. The molecule has 0 saturated carbocycles. The molecule has 0 bridgehead atoms. The average Bonchev–Trinajstić information content (AvgIpc) is 3.36. The highest BCUT2D eigenvalue weighted by molar-refractivity contribution is 5.95. The number of aliphatic hydroxyl groups is 1. The van der Waals surface area contributed by atoms with E-state index in [2.05, 4.69) is 23.2 Å². The van der Waals surface area contributed by atoms with E-state index in [1.165, 1.54) is 36.1 Å². The maximum absolute atomic E-state index is 13.2. The van der Waals surface area contributed by atoms with Gasteiger partial charge in [0.25, 0.3) is 5.91 Å². The summed E-state index contributed by atoms with van der Waals surface area (Å²) in [4.78, 5) is 14.9. The molecule has 1 amide bonds. The van der Waals surface area contributed by atoms with Gasteiger partial charge in [0.2, 0.25) is 0 Å². The van der Waals surface area contributed by atoms with Gasteiger partial charge >= 0.3 is 6.18 Å². The molecule has 2 N–H and O–H groups in total. The fraction of sp³-hybridized carbons (Fsp3) is 0.292. The van der Waals surface area contributed by atoms with Crippen LogP contribution in [0.4, 0.5) is 18.9 Å². The van der Waals surface area contributed by atoms with Gasteiger partial charge in [-0.3, -0.25) is 4.79 Å². The third-order valence-corrected chi connectivity index (χ3v) is 5.73. The van der Waals surface area contributed by atoms with E-state index in [0.717, 1.165) is 18.2 Å². The Morgan fingerprint density at radius 2 is 1.91 bits per heavy atom. The Kier molecular flexibility index (Phi) is 5.97. The van der Waals surface area contributed by atoms with Crippen LogP contribution in [-0.4, -0.2) is 23.6 Å². The molecule has 3 aromatic rings. The number of nitrogens with one attached hydrogen (secondary N) is 1.